The fourth-order valence-electron chi connectivity index (χ4n) is 7.58. The minimum absolute atomic E-state index is 0. The summed E-state index contributed by atoms with van der Waals surface area (Å²) in [5.41, 5.74) is 13.0. The molecule has 3 heterocycles. The molecule has 0 amide bonds. The second-order valence-electron chi connectivity index (χ2n) is 16.1. The zero-order chi connectivity index (χ0) is 41.4. The first-order valence-corrected chi connectivity index (χ1v) is 23.6. The Morgan fingerprint density at radius 2 is 1.40 bits per heavy atom. The first-order valence-electron chi connectivity index (χ1n) is 20.6. The Balaban J connectivity index is 0.000000208. The van der Waals surface area contributed by atoms with Gasteiger partial charge >= 0.3 is 0 Å². The molecule has 60 heavy (non-hydrogen) atoms. The van der Waals surface area contributed by atoms with E-state index in [4.69, 9.17) is 10.8 Å². The second-order valence-corrected chi connectivity index (χ2v) is 21.2. The molecule has 0 aliphatic carbocycles. The van der Waals surface area contributed by atoms with Gasteiger partial charge in [-0.25, -0.2) is 0 Å². The van der Waals surface area contributed by atoms with Crippen molar-refractivity contribution in [3.8, 4) is 50.6 Å². The Morgan fingerprint density at radius 3 is 2.10 bits per heavy atom. The zero-order valence-corrected chi connectivity index (χ0v) is 37.7. The van der Waals surface area contributed by atoms with Crippen LogP contribution in [0.2, 0.25) is 19.6 Å². The van der Waals surface area contributed by atoms with Crippen molar-refractivity contribution >= 4 is 46.2 Å². The summed E-state index contributed by atoms with van der Waals surface area (Å²) in [6.07, 6.45) is 2.00. The van der Waals surface area contributed by atoms with Crippen LogP contribution in [0.3, 0.4) is 0 Å². The predicted octanol–water partition coefficient (Wildman–Crippen LogP) is 13.9. The smallest absolute Gasteiger partial charge is 0.120 e. The summed E-state index contributed by atoms with van der Waals surface area (Å²) in [4.78, 5) is 9.73. The van der Waals surface area contributed by atoms with Gasteiger partial charge in [0.1, 0.15) is 5.58 Å². The van der Waals surface area contributed by atoms with E-state index in [9.17, 15) is 0 Å². The van der Waals surface area contributed by atoms with Crippen molar-refractivity contribution in [1.82, 2.24) is 14.5 Å². The van der Waals surface area contributed by atoms with Crippen LogP contribution in [0.4, 0.5) is 0 Å². The number of fused-ring (bicyclic) bond motifs is 4. The number of benzene rings is 7. The molecule has 1 radical (unpaired) electrons. The largest absolute Gasteiger partial charge is 0.501 e. The van der Waals surface area contributed by atoms with Crippen molar-refractivity contribution in [2.24, 2.45) is 0 Å². The van der Waals surface area contributed by atoms with Gasteiger partial charge in [0.15, 0.2) is 0 Å². The van der Waals surface area contributed by atoms with Gasteiger partial charge in [-0.15, -0.1) is 53.6 Å². The van der Waals surface area contributed by atoms with Crippen LogP contribution in [0.15, 0.2) is 180 Å². The van der Waals surface area contributed by atoms with Crippen LogP contribution in [0.25, 0.3) is 83.6 Å². The molecule has 0 bridgehead atoms. The molecule has 297 valence electrons. The summed E-state index contributed by atoms with van der Waals surface area (Å²) in [6.45, 7) is 10.7. The minimum atomic E-state index is -1.29. The van der Waals surface area contributed by atoms with E-state index in [0.29, 0.717) is 0 Å². The van der Waals surface area contributed by atoms with Crippen LogP contribution >= 0.6 is 0 Å². The maximum Gasteiger partial charge on any atom is 0.120 e. The molecule has 4 nitrogen and oxygen atoms in total. The number of nitrogens with zero attached hydrogens (tertiary/aromatic N) is 3. The number of hydrogen-bond acceptors (Lipinski definition) is 3. The summed E-state index contributed by atoms with van der Waals surface area (Å²) in [6, 6.07) is 65.1. The molecule has 3 aromatic heterocycles. The second kappa shape index (κ2) is 17.2. The molecule has 0 unspecified atom stereocenters. The van der Waals surface area contributed by atoms with E-state index in [-0.39, 0.29) is 20.1 Å². The Hall–Kier alpha value is -6.17. The molecule has 10 rings (SSSR count). The fraction of sp³-hybridized carbons (Fsp3) is 0.111. The number of hydrogen-bond donors (Lipinski definition) is 0. The number of para-hydroxylation sites is 3. The summed E-state index contributed by atoms with van der Waals surface area (Å²) >= 11 is 0. The average molecular weight is 973 g/mol. The van der Waals surface area contributed by atoms with Gasteiger partial charge in [0.05, 0.1) is 30.5 Å². The third kappa shape index (κ3) is 8.07. The van der Waals surface area contributed by atoms with Gasteiger partial charge in [-0.3, -0.25) is 4.98 Å². The topological polar surface area (TPSA) is 43.9 Å². The van der Waals surface area contributed by atoms with Gasteiger partial charge in [0, 0.05) is 44.3 Å². The molecule has 6 heteroatoms. The van der Waals surface area contributed by atoms with Crippen LogP contribution in [-0.4, -0.2) is 22.6 Å². The van der Waals surface area contributed by atoms with Gasteiger partial charge in [-0.05, 0) is 57.9 Å². The number of imidazole rings is 1. The number of rotatable bonds is 7. The first kappa shape index (κ1) is 39.3. The Morgan fingerprint density at radius 1 is 0.683 bits per heavy atom. The van der Waals surface area contributed by atoms with Crippen molar-refractivity contribution in [3.63, 3.8) is 0 Å². The van der Waals surface area contributed by atoms with E-state index in [1.54, 1.807) is 0 Å². The fourth-order valence-corrected chi connectivity index (χ4v) is 8.61. The van der Waals surface area contributed by atoms with E-state index in [2.05, 4.69) is 163 Å². The molecule has 0 aliphatic heterocycles. The van der Waals surface area contributed by atoms with Gasteiger partial charge in [0.25, 0.3) is 0 Å². The maximum atomic E-state index is 8.01. The van der Waals surface area contributed by atoms with Crippen LogP contribution in [-0.2, 0) is 20.1 Å². The molecular formula is C54H45IrN3OSi-2. The minimum Gasteiger partial charge on any atom is -0.501 e. The van der Waals surface area contributed by atoms with Crippen molar-refractivity contribution in [2.45, 2.75) is 39.4 Å². The van der Waals surface area contributed by atoms with Crippen molar-refractivity contribution in [1.29, 1.82) is 0 Å². The summed E-state index contributed by atoms with van der Waals surface area (Å²) in [5, 5.41) is 3.52. The Bertz CT molecular complexity index is 3040. The zero-order valence-electron chi connectivity index (χ0n) is 35.3. The van der Waals surface area contributed by atoms with Gasteiger partial charge in [0.2, 0.25) is 0 Å². The molecule has 0 fully saturated rings. The molecule has 0 N–H and O–H groups in total. The van der Waals surface area contributed by atoms with Gasteiger partial charge in [-0.1, -0.05) is 160 Å². The molecule has 0 atom stereocenters. The van der Waals surface area contributed by atoms with E-state index < -0.39 is 14.0 Å². The van der Waals surface area contributed by atoms with Crippen molar-refractivity contribution in [2.75, 3.05) is 0 Å². The third-order valence-corrected chi connectivity index (χ3v) is 12.9. The Labute approximate surface area is 368 Å². The van der Waals surface area contributed by atoms with E-state index in [1.165, 1.54) is 16.3 Å². The monoisotopic (exact) mass is 973 g/mol. The Kier molecular flexibility index (Phi) is 11.3. The van der Waals surface area contributed by atoms with Crippen molar-refractivity contribution < 1.29 is 25.9 Å². The third-order valence-electron chi connectivity index (χ3n) is 10.8. The maximum absolute atomic E-state index is 8.01. The average Bonchev–Trinajstić information content (AvgIpc) is 3.86. The molecule has 0 saturated carbocycles. The summed E-state index contributed by atoms with van der Waals surface area (Å²) in [7, 11) is -1.29. The van der Waals surface area contributed by atoms with Crippen LogP contribution < -0.4 is 5.19 Å². The van der Waals surface area contributed by atoms with E-state index in [1.807, 2.05) is 68.6 Å². The predicted molar refractivity (Wildman–Crippen MR) is 249 cm³/mol. The van der Waals surface area contributed by atoms with Gasteiger partial charge < -0.3 is 14.0 Å². The molecule has 0 aliphatic rings. The molecule has 0 spiro atoms. The van der Waals surface area contributed by atoms with Gasteiger partial charge in [-0.2, -0.15) is 0 Å². The van der Waals surface area contributed by atoms with Crippen molar-refractivity contribution in [3.05, 3.63) is 194 Å². The van der Waals surface area contributed by atoms with Crippen LogP contribution in [0, 0.1) is 12.1 Å². The van der Waals surface area contributed by atoms with E-state index >= 15 is 0 Å². The van der Waals surface area contributed by atoms with Crippen LogP contribution in [0.5, 0.6) is 0 Å². The standard InChI is InChI=1S/C37H23N2O.C17H22NSi.Ir/c1-3-12-25(13-4-1)27-22-23-33(31(24-27)26-14-5-2-6-15-26)39-34-20-9-8-19-32(34)38-37(39)30-18-11-17-29-28-16-7-10-21-35(28)40-36(29)30;1-13(2)14-6-8-15(9-7-14)17-11-10-16(12-18-17)19(3,4)5;/h1-17,19-24H;6-8,10-13H,1-5H3;/q2*-1;/i;13D;. The molecule has 10 aromatic rings. The molecular weight excluding hydrogens is 927 g/mol. The molecule has 0 saturated heterocycles. The molecule has 7 aromatic carbocycles. The summed E-state index contributed by atoms with van der Waals surface area (Å²) in [5.74, 6) is 0.222. The normalized spacial score (nSPS) is 11.8. The first-order chi connectivity index (χ1) is 29.0. The number of pyridine rings is 1. The SMILES string of the molecule is [2H]C(C)(C)c1c[c-]c(-c2ccc([Si](C)(C)C)cn2)cc1.[Ir].[c-]1ccc2c(oc3ccccc32)c1-c1nc2ccccc2n1-c1ccc(-c2ccccc2)cc1-c1ccccc1. The number of furan rings is 1. The number of aromatic nitrogens is 3. The summed E-state index contributed by atoms with van der Waals surface area (Å²) < 4.78 is 16.7. The van der Waals surface area contributed by atoms with E-state index in [0.717, 1.165) is 78.0 Å². The quantitative estimate of drug-likeness (QED) is 0.118. The van der Waals surface area contributed by atoms with Crippen LogP contribution in [0.1, 0.15) is 26.7 Å².